The summed E-state index contributed by atoms with van der Waals surface area (Å²) in [5, 5.41) is 0. The summed E-state index contributed by atoms with van der Waals surface area (Å²) >= 11 is 3.25. The fourth-order valence-electron chi connectivity index (χ4n) is 1.60. The third-order valence-corrected chi connectivity index (χ3v) is 3.00. The van der Waals surface area contributed by atoms with E-state index in [1.54, 1.807) is 13.0 Å². The highest BCUT2D eigenvalue weighted by Crippen LogP contribution is 2.19. The van der Waals surface area contributed by atoms with E-state index in [1.807, 2.05) is 19.1 Å². The van der Waals surface area contributed by atoms with Crippen LogP contribution >= 0.6 is 15.9 Å². The lowest BCUT2D eigenvalue weighted by molar-refractivity contribution is -0.139. The van der Waals surface area contributed by atoms with E-state index in [4.69, 9.17) is 0 Å². The largest absolute Gasteiger partial charge is 0.469 e. The van der Waals surface area contributed by atoms with Crippen LogP contribution in [0.2, 0.25) is 0 Å². The highest BCUT2D eigenvalue weighted by atomic mass is 79.9. The van der Waals surface area contributed by atoms with Gasteiger partial charge in [-0.1, -0.05) is 34.1 Å². The zero-order chi connectivity index (χ0) is 13.0. The molecule has 1 rings (SSSR count). The van der Waals surface area contributed by atoms with Gasteiger partial charge in [0.05, 0.1) is 18.4 Å². The van der Waals surface area contributed by atoms with Crippen molar-refractivity contribution in [1.82, 2.24) is 0 Å². The smallest absolute Gasteiger partial charge is 0.310 e. The Kier molecular flexibility index (Phi) is 4.87. The SMILES string of the molecule is COC(=O)Cc1c(C)cccc1C(=O)C(C)Br. The third-order valence-electron chi connectivity index (χ3n) is 2.59. The number of carbonyl (C=O) groups excluding carboxylic acids is 2. The number of carbonyl (C=O) groups is 2. The molecule has 0 amide bonds. The Balaban J connectivity index is 3.17. The summed E-state index contributed by atoms with van der Waals surface area (Å²) < 4.78 is 4.64. The second kappa shape index (κ2) is 5.96. The highest BCUT2D eigenvalue weighted by molar-refractivity contribution is 9.10. The predicted octanol–water partition coefficient (Wildman–Crippen LogP) is 2.68. The van der Waals surface area contributed by atoms with E-state index in [0.717, 1.165) is 11.1 Å². The Labute approximate surface area is 109 Å². The first-order valence-electron chi connectivity index (χ1n) is 5.31. The molecular formula is C13H15BrO3. The minimum Gasteiger partial charge on any atom is -0.469 e. The molecule has 0 aliphatic heterocycles. The maximum Gasteiger partial charge on any atom is 0.310 e. The molecule has 0 saturated heterocycles. The van der Waals surface area contributed by atoms with Crippen molar-refractivity contribution < 1.29 is 14.3 Å². The average molecular weight is 299 g/mol. The van der Waals surface area contributed by atoms with Gasteiger partial charge in [0.1, 0.15) is 0 Å². The molecule has 0 aromatic heterocycles. The average Bonchev–Trinajstić information content (AvgIpc) is 2.30. The normalized spacial score (nSPS) is 12.0. The summed E-state index contributed by atoms with van der Waals surface area (Å²) in [6, 6.07) is 5.44. The summed E-state index contributed by atoms with van der Waals surface area (Å²) in [4.78, 5) is 23.1. The molecule has 0 heterocycles. The van der Waals surface area contributed by atoms with Gasteiger partial charge in [0.2, 0.25) is 0 Å². The number of rotatable bonds is 4. The minimum atomic E-state index is -0.337. The molecule has 1 aromatic carbocycles. The lowest BCUT2D eigenvalue weighted by atomic mass is 9.95. The first kappa shape index (κ1) is 13.9. The molecule has 1 atom stereocenters. The van der Waals surface area contributed by atoms with Gasteiger partial charge in [-0.05, 0) is 25.0 Å². The summed E-state index contributed by atoms with van der Waals surface area (Å²) in [7, 11) is 1.34. The van der Waals surface area contributed by atoms with Gasteiger partial charge in [-0.2, -0.15) is 0 Å². The predicted molar refractivity (Wildman–Crippen MR) is 69.6 cm³/mol. The molecule has 0 saturated carbocycles. The van der Waals surface area contributed by atoms with Crippen molar-refractivity contribution in [2.24, 2.45) is 0 Å². The molecule has 0 radical (unpaired) electrons. The number of methoxy groups -OCH3 is 1. The summed E-state index contributed by atoms with van der Waals surface area (Å²) in [5.41, 5.74) is 2.25. The van der Waals surface area contributed by atoms with Gasteiger partial charge in [-0.15, -0.1) is 0 Å². The van der Waals surface area contributed by atoms with Crippen molar-refractivity contribution in [2.45, 2.75) is 25.1 Å². The molecule has 0 bridgehead atoms. The lowest BCUT2D eigenvalue weighted by Crippen LogP contribution is -2.16. The van der Waals surface area contributed by atoms with Crippen LogP contribution in [0.4, 0.5) is 0 Å². The maximum atomic E-state index is 12.0. The van der Waals surface area contributed by atoms with Crippen molar-refractivity contribution in [3.05, 3.63) is 34.9 Å². The Morgan fingerprint density at radius 2 is 2.06 bits per heavy atom. The quantitative estimate of drug-likeness (QED) is 0.488. The van der Waals surface area contributed by atoms with Crippen LogP contribution in [0.15, 0.2) is 18.2 Å². The lowest BCUT2D eigenvalue weighted by Gasteiger charge is -2.12. The van der Waals surface area contributed by atoms with Gasteiger partial charge in [-0.25, -0.2) is 0 Å². The van der Waals surface area contributed by atoms with Crippen LogP contribution < -0.4 is 0 Å². The van der Waals surface area contributed by atoms with E-state index in [2.05, 4.69) is 20.7 Å². The van der Waals surface area contributed by atoms with E-state index < -0.39 is 0 Å². The number of ketones is 1. The molecular weight excluding hydrogens is 284 g/mol. The molecule has 3 nitrogen and oxygen atoms in total. The number of halogens is 1. The van der Waals surface area contributed by atoms with Gasteiger partial charge in [0, 0.05) is 5.56 Å². The molecule has 0 fully saturated rings. The molecule has 0 N–H and O–H groups in total. The first-order chi connectivity index (χ1) is 7.97. The van der Waals surface area contributed by atoms with Crippen LogP contribution in [-0.2, 0) is 16.0 Å². The monoisotopic (exact) mass is 298 g/mol. The van der Waals surface area contributed by atoms with Crippen LogP contribution in [-0.4, -0.2) is 23.7 Å². The third kappa shape index (κ3) is 3.40. The van der Waals surface area contributed by atoms with Crippen molar-refractivity contribution in [3.63, 3.8) is 0 Å². The number of benzene rings is 1. The van der Waals surface area contributed by atoms with Gasteiger partial charge < -0.3 is 4.74 Å². The van der Waals surface area contributed by atoms with E-state index in [0.29, 0.717) is 5.56 Å². The maximum absolute atomic E-state index is 12.0. The summed E-state index contributed by atoms with van der Waals surface area (Å²) in [6.07, 6.45) is 0.129. The van der Waals surface area contributed by atoms with Gasteiger partial charge >= 0.3 is 5.97 Å². The topological polar surface area (TPSA) is 43.4 Å². The van der Waals surface area contributed by atoms with E-state index in [9.17, 15) is 9.59 Å². The number of aryl methyl sites for hydroxylation is 1. The minimum absolute atomic E-state index is 0.0207. The van der Waals surface area contributed by atoms with Crippen molar-refractivity contribution in [2.75, 3.05) is 7.11 Å². The number of Topliss-reactive ketones (excluding diaryl/α,β-unsaturated/α-hetero) is 1. The van der Waals surface area contributed by atoms with Crippen molar-refractivity contribution >= 4 is 27.7 Å². The number of hydrogen-bond donors (Lipinski definition) is 0. The van der Waals surface area contributed by atoms with Crippen LogP contribution in [0.25, 0.3) is 0 Å². The number of hydrogen-bond acceptors (Lipinski definition) is 3. The van der Waals surface area contributed by atoms with Gasteiger partial charge in [-0.3, -0.25) is 9.59 Å². The molecule has 1 unspecified atom stereocenters. The van der Waals surface area contributed by atoms with Gasteiger partial charge in [0.25, 0.3) is 0 Å². The van der Waals surface area contributed by atoms with Crippen molar-refractivity contribution in [1.29, 1.82) is 0 Å². The Hall–Kier alpha value is -1.16. The van der Waals surface area contributed by atoms with Crippen LogP contribution in [0.3, 0.4) is 0 Å². The molecule has 17 heavy (non-hydrogen) atoms. The number of ether oxygens (including phenoxy) is 1. The Bertz CT molecular complexity index is 438. The second-order valence-electron chi connectivity index (χ2n) is 3.83. The molecule has 0 aliphatic rings. The number of alkyl halides is 1. The Morgan fingerprint density at radius 1 is 1.41 bits per heavy atom. The Morgan fingerprint density at radius 3 is 2.59 bits per heavy atom. The highest BCUT2D eigenvalue weighted by Gasteiger charge is 2.19. The molecule has 92 valence electrons. The summed E-state index contributed by atoms with van der Waals surface area (Å²) in [5.74, 6) is -0.358. The first-order valence-corrected chi connectivity index (χ1v) is 6.22. The summed E-state index contributed by atoms with van der Waals surface area (Å²) in [6.45, 7) is 3.65. The molecule has 4 heteroatoms. The fraction of sp³-hybridized carbons (Fsp3) is 0.385. The molecule has 0 aliphatic carbocycles. The van der Waals surface area contributed by atoms with E-state index in [1.165, 1.54) is 7.11 Å². The zero-order valence-electron chi connectivity index (χ0n) is 10.1. The standard InChI is InChI=1S/C13H15BrO3/c1-8-5-4-6-10(13(16)9(2)14)11(8)7-12(15)17-3/h4-6,9H,7H2,1-3H3. The van der Waals surface area contributed by atoms with Crippen LogP contribution in [0.1, 0.15) is 28.4 Å². The number of esters is 1. The molecule has 1 aromatic rings. The van der Waals surface area contributed by atoms with Crippen molar-refractivity contribution in [3.8, 4) is 0 Å². The van der Waals surface area contributed by atoms with Crippen LogP contribution in [0.5, 0.6) is 0 Å². The van der Waals surface area contributed by atoms with Crippen LogP contribution in [0, 0.1) is 6.92 Å². The van der Waals surface area contributed by atoms with Gasteiger partial charge in [0.15, 0.2) is 5.78 Å². The fourth-order valence-corrected chi connectivity index (χ4v) is 1.85. The zero-order valence-corrected chi connectivity index (χ0v) is 11.7. The van der Waals surface area contributed by atoms with E-state index in [-0.39, 0.29) is 23.0 Å². The second-order valence-corrected chi connectivity index (χ2v) is 5.21. The van der Waals surface area contributed by atoms with E-state index >= 15 is 0 Å². The molecule has 0 spiro atoms.